The van der Waals surface area contributed by atoms with Crippen LogP contribution < -0.4 is 9.83 Å². The lowest BCUT2D eigenvalue weighted by atomic mass is 10.1. The molecule has 0 radical (unpaired) electrons. The van der Waals surface area contributed by atoms with Crippen molar-refractivity contribution in [1.82, 2.24) is 9.71 Å². The quantitative estimate of drug-likeness (QED) is 0.783. The number of carbonyl (C=O) groups excluding carboxylic acids is 1. The molecule has 6 nitrogen and oxygen atoms in total. The standard InChI is InChI=1S/C16H16N2O4S/c1-12-4-5-13(6-7-16(19)20)9-15(12)23(21,22)18-11-14-3-2-8-17-10-14/h2-10,18H,11H2,1H3,(H,19,20)/p-1/b7-6+. The van der Waals surface area contributed by atoms with Gasteiger partial charge in [-0.05, 0) is 41.8 Å². The molecule has 1 aromatic heterocycles. The zero-order valence-corrected chi connectivity index (χ0v) is 13.2. The van der Waals surface area contributed by atoms with Crippen LogP contribution in [-0.2, 0) is 21.4 Å². The SMILES string of the molecule is Cc1ccc(/C=C/C(=O)[O-])cc1S(=O)(=O)NCc1cccnc1. The van der Waals surface area contributed by atoms with Gasteiger partial charge in [-0.15, -0.1) is 0 Å². The maximum atomic E-state index is 12.4. The van der Waals surface area contributed by atoms with Crippen LogP contribution >= 0.6 is 0 Å². The van der Waals surface area contributed by atoms with Crippen LogP contribution in [0.25, 0.3) is 6.08 Å². The molecule has 2 rings (SSSR count). The van der Waals surface area contributed by atoms with Crippen molar-refractivity contribution < 1.29 is 18.3 Å². The van der Waals surface area contributed by atoms with Gasteiger partial charge in [0, 0.05) is 18.9 Å². The van der Waals surface area contributed by atoms with E-state index in [2.05, 4.69) is 9.71 Å². The topological polar surface area (TPSA) is 99.2 Å². The number of aryl methyl sites for hydroxylation is 1. The summed E-state index contributed by atoms with van der Waals surface area (Å²) in [4.78, 5) is 14.5. The number of hydrogen-bond acceptors (Lipinski definition) is 5. The zero-order valence-electron chi connectivity index (χ0n) is 12.4. The summed E-state index contributed by atoms with van der Waals surface area (Å²) in [6.07, 6.45) is 5.32. The molecule has 1 aromatic carbocycles. The summed E-state index contributed by atoms with van der Waals surface area (Å²) in [5.41, 5.74) is 1.76. The van der Waals surface area contributed by atoms with Gasteiger partial charge in [-0.25, -0.2) is 13.1 Å². The van der Waals surface area contributed by atoms with E-state index in [0.29, 0.717) is 11.1 Å². The minimum atomic E-state index is -3.72. The summed E-state index contributed by atoms with van der Waals surface area (Å²) in [5.74, 6) is -1.34. The molecular formula is C16H15N2O4S-. The van der Waals surface area contributed by atoms with E-state index in [0.717, 1.165) is 11.6 Å². The lowest BCUT2D eigenvalue weighted by Gasteiger charge is -2.10. The molecule has 0 spiro atoms. The molecule has 0 aliphatic carbocycles. The van der Waals surface area contributed by atoms with Crippen molar-refractivity contribution in [2.75, 3.05) is 0 Å². The number of carboxylic acids is 1. The first kappa shape index (κ1) is 16.9. The van der Waals surface area contributed by atoms with Crippen molar-refractivity contribution in [3.8, 4) is 0 Å². The van der Waals surface area contributed by atoms with Crippen LogP contribution in [0.1, 0.15) is 16.7 Å². The summed E-state index contributed by atoms with van der Waals surface area (Å²) in [6, 6.07) is 8.16. The molecule has 0 atom stereocenters. The van der Waals surface area contributed by atoms with Crippen LogP contribution in [0.2, 0.25) is 0 Å². The first-order valence-corrected chi connectivity index (χ1v) is 8.25. The maximum absolute atomic E-state index is 12.4. The predicted molar refractivity (Wildman–Crippen MR) is 83.5 cm³/mol. The van der Waals surface area contributed by atoms with Gasteiger partial charge in [-0.1, -0.05) is 24.3 Å². The predicted octanol–water partition coefficient (Wildman–Crippen LogP) is 0.632. The molecule has 0 fully saturated rings. The molecular weight excluding hydrogens is 316 g/mol. The second-order valence-electron chi connectivity index (χ2n) is 4.86. The third-order valence-electron chi connectivity index (χ3n) is 3.10. The van der Waals surface area contributed by atoms with Crippen LogP contribution in [-0.4, -0.2) is 19.4 Å². The minimum Gasteiger partial charge on any atom is -0.545 e. The van der Waals surface area contributed by atoms with E-state index in [1.54, 1.807) is 43.6 Å². The number of pyridine rings is 1. The molecule has 0 aliphatic heterocycles. The molecule has 2 aromatic rings. The average Bonchev–Trinajstić information content (AvgIpc) is 2.53. The van der Waals surface area contributed by atoms with Crippen LogP contribution in [0, 0.1) is 6.92 Å². The Hall–Kier alpha value is -2.51. The summed E-state index contributed by atoms with van der Waals surface area (Å²) in [6.45, 7) is 1.79. The molecule has 0 saturated heterocycles. The van der Waals surface area contributed by atoms with Crippen LogP contribution in [0.4, 0.5) is 0 Å². The van der Waals surface area contributed by atoms with Crippen molar-refractivity contribution in [2.24, 2.45) is 0 Å². The number of sulfonamides is 1. The fourth-order valence-electron chi connectivity index (χ4n) is 1.93. The second kappa shape index (κ2) is 7.17. The Kier molecular flexibility index (Phi) is 5.25. The number of nitrogens with zero attached hydrogens (tertiary/aromatic N) is 1. The number of aromatic nitrogens is 1. The molecule has 7 heteroatoms. The molecule has 0 unspecified atom stereocenters. The van der Waals surface area contributed by atoms with Gasteiger partial charge in [0.15, 0.2) is 0 Å². The number of rotatable bonds is 6. The van der Waals surface area contributed by atoms with E-state index in [1.807, 2.05) is 0 Å². The monoisotopic (exact) mass is 331 g/mol. The normalized spacial score (nSPS) is 11.7. The number of carbonyl (C=O) groups is 1. The van der Waals surface area contributed by atoms with Crippen molar-refractivity contribution in [2.45, 2.75) is 18.4 Å². The highest BCUT2D eigenvalue weighted by atomic mass is 32.2. The van der Waals surface area contributed by atoms with Gasteiger partial charge in [0.1, 0.15) is 0 Å². The van der Waals surface area contributed by atoms with E-state index in [4.69, 9.17) is 0 Å². The van der Waals surface area contributed by atoms with Crippen molar-refractivity contribution in [3.05, 3.63) is 65.5 Å². The lowest BCUT2D eigenvalue weighted by molar-refractivity contribution is -0.297. The Morgan fingerprint density at radius 3 is 2.78 bits per heavy atom. The van der Waals surface area contributed by atoms with Gasteiger partial charge < -0.3 is 9.90 Å². The molecule has 23 heavy (non-hydrogen) atoms. The highest BCUT2D eigenvalue weighted by Crippen LogP contribution is 2.18. The molecule has 0 aliphatic rings. The van der Waals surface area contributed by atoms with Gasteiger partial charge in [0.25, 0.3) is 0 Å². The van der Waals surface area contributed by atoms with E-state index in [-0.39, 0.29) is 11.4 Å². The molecule has 0 saturated carbocycles. The fourth-order valence-corrected chi connectivity index (χ4v) is 3.23. The van der Waals surface area contributed by atoms with Gasteiger partial charge in [0.2, 0.25) is 10.0 Å². The Labute approximate surface area is 134 Å². The van der Waals surface area contributed by atoms with Crippen LogP contribution in [0.3, 0.4) is 0 Å². The Bertz CT molecular complexity index is 830. The van der Waals surface area contributed by atoms with E-state index in [1.165, 1.54) is 12.1 Å². The smallest absolute Gasteiger partial charge is 0.241 e. The lowest BCUT2D eigenvalue weighted by Crippen LogP contribution is -2.24. The number of benzene rings is 1. The van der Waals surface area contributed by atoms with Gasteiger partial charge in [0.05, 0.1) is 10.9 Å². The first-order valence-electron chi connectivity index (χ1n) is 6.77. The van der Waals surface area contributed by atoms with Crippen molar-refractivity contribution in [1.29, 1.82) is 0 Å². The highest BCUT2D eigenvalue weighted by molar-refractivity contribution is 7.89. The van der Waals surface area contributed by atoms with E-state index in [9.17, 15) is 18.3 Å². The Morgan fingerprint density at radius 1 is 1.35 bits per heavy atom. The molecule has 1 N–H and O–H groups in total. The molecule has 120 valence electrons. The maximum Gasteiger partial charge on any atom is 0.241 e. The van der Waals surface area contributed by atoms with Gasteiger partial charge in [-0.2, -0.15) is 0 Å². The van der Waals surface area contributed by atoms with E-state index >= 15 is 0 Å². The average molecular weight is 331 g/mol. The summed E-state index contributed by atoms with van der Waals surface area (Å²) < 4.78 is 27.4. The molecule has 0 amide bonds. The fraction of sp³-hybridized carbons (Fsp3) is 0.125. The number of carboxylic acid groups (broad SMARTS) is 1. The van der Waals surface area contributed by atoms with Gasteiger partial charge >= 0.3 is 0 Å². The summed E-state index contributed by atoms with van der Waals surface area (Å²) in [5, 5.41) is 10.4. The van der Waals surface area contributed by atoms with Crippen LogP contribution in [0.5, 0.6) is 0 Å². The van der Waals surface area contributed by atoms with Crippen LogP contribution in [0.15, 0.2) is 53.7 Å². The number of nitrogens with one attached hydrogen (secondary N) is 1. The van der Waals surface area contributed by atoms with Gasteiger partial charge in [-0.3, -0.25) is 4.98 Å². The Balaban J connectivity index is 2.24. The highest BCUT2D eigenvalue weighted by Gasteiger charge is 2.16. The Morgan fingerprint density at radius 2 is 2.13 bits per heavy atom. The number of aliphatic carboxylic acids is 1. The number of hydrogen-bond donors (Lipinski definition) is 1. The van der Waals surface area contributed by atoms with E-state index < -0.39 is 16.0 Å². The summed E-state index contributed by atoms with van der Waals surface area (Å²) >= 11 is 0. The van der Waals surface area contributed by atoms with Crippen molar-refractivity contribution in [3.63, 3.8) is 0 Å². The summed E-state index contributed by atoms with van der Waals surface area (Å²) in [7, 11) is -3.72. The zero-order chi connectivity index (χ0) is 16.9. The minimum absolute atomic E-state index is 0.0990. The largest absolute Gasteiger partial charge is 0.545 e. The second-order valence-corrected chi connectivity index (χ2v) is 6.60. The third-order valence-corrected chi connectivity index (χ3v) is 4.65. The van der Waals surface area contributed by atoms with Crippen molar-refractivity contribution >= 4 is 22.1 Å². The third kappa shape index (κ3) is 4.73. The first-order chi connectivity index (χ1) is 10.9. The molecule has 0 bridgehead atoms. The molecule has 1 heterocycles.